The smallest absolute Gasteiger partial charge is 0.115 e. The van der Waals surface area contributed by atoms with E-state index in [0.717, 1.165) is 25.2 Å². The van der Waals surface area contributed by atoms with Gasteiger partial charge in [-0.05, 0) is 67.1 Å². The predicted octanol–water partition coefficient (Wildman–Crippen LogP) is 5.49. The molecule has 0 aliphatic heterocycles. The molecule has 1 aromatic rings. The first-order chi connectivity index (χ1) is 10.2. The van der Waals surface area contributed by atoms with Crippen molar-refractivity contribution in [2.75, 3.05) is 0 Å². The molecule has 1 unspecified atom stereocenters. The van der Waals surface area contributed by atoms with E-state index in [1.54, 1.807) is 12.1 Å². The van der Waals surface area contributed by atoms with Crippen molar-refractivity contribution in [3.63, 3.8) is 0 Å². The van der Waals surface area contributed by atoms with Crippen molar-refractivity contribution in [3.8, 4) is 5.75 Å². The molecule has 1 fully saturated rings. The Morgan fingerprint density at radius 1 is 1.04 bits per heavy atom. The van der Waals surface area contributed by atoms with E-state index < -0.39 is 0 Å². The average molecular weight is 395 g/mol. The molecule has 1 saturated carbocycles. The number of hydrogen-bond acceptors (Lipinski definition) is 2. The minimum Gasteiger partial charge on any atom is -0.508 e. The summed E-state index contributed by atoms with van der Waals surface area (Å²) in [5.74, 6) is 1.76. The van der Waals surface area contributed by atoms with Crippen molar-refractivity contribution in [3.05, 3.63) is 29.8 Å². The first kappa shape index (κ1) is 23.1. The quantitative estimate of drug-likeness (QED) is 0.696. The van der Waals surface area contributed by atoms with E-state index in [1.807, 2.05) is 12.1 Å². The molecule has 0 heterocycles. The van der Waals surface area contributed by atoms with E-state index in [2.05, 4.69) is 34.6 Å². The van der Waals surface area contributed by atoms with Crippen molar-refractivity contribution >= 4 is 0 Å². The number of rotatable bonds is 2. The summed E-state index contributed by atoms with van der Waals surface area (Å²) >= 11 is 0. The molecular formula is C20H34O2Y. The van der Waals surface area contributed by atoms with Crippen LogP contribution in [0, 0.1) is 11.3 Å². The zero-order valence-corrected chi connectivity index (χ0v) is 18.4. The summed E-state index contributed by atoms with van der Waals surface area (Å²) in [6.45, 7) is 11.3. The van der Waals surface area contributed by atoms with Crippen LogP contribution in [0.1, 0.15) is 78.2 Å². The van der Waals surface area contributed by atoms with Crippen LogP contribution in [0.25, 0.3) is 0 Å². The Labute approximate surface area is 168 Å². The Hall–Kier alpha value is 0.0839. The van der Waals surface area contributed by atoms with E-state index in [-0.39, 0.29) is 38.8 Å². The standard InChI is InChI=1S/C10H20O.C10H14O.Y/c1-10(2,3)8-4-6-9(11)7-5-8;1-3-8(2)9-4-6-10(11)7-5-9;/h8-9,11H,4-7H2,1-3H3;4-8,11H,3H2,1-2H3;. The molecule has 1 aliphatic carbocycles. The molecule has 2 nitrogen and oxygen atoms in total. The van der Waals surface area contributed by atoms with Crippen molar-refractivity contribution in [2.45, 2.75) is 78.7 Å². The molecule has 3 heteroatoms. The van der Waals surface area contributed by atoms with Crippen molar-refractivity contribution < 1.29 is 42.9 Å². The SMILES string of the molecule is CC(C)(C)C1CCC(O)CC1.CCC(C)c1ccc(O)cc1.[Y]. The Morgan fingerprint density at radius 2 is 1.52 bits per heavy atom. The number of hydrogen-bond donors (Lipinski definition) is 2. The van der Waals surface area contributed by atoms with E-state index in [0.29, 0.717) is 17.1 Å². The zero-order chi connectivity index (χ0) is 16.8. The van der Waals surface area contributed by atoms with Crippen LogP contribution < -0.4 is 0 Å². The fourth-order valence-corrected chi connectivity index (χ4v) is 2.98. The van der Waals surface area contributed by atoms with Gasteiger partial charge in [0, 0.05) is 32.7 Å². The second-order valence-electron chi connectivity index (χ2n) is 7.77. The van der Waals surface area contributed by atoms with Crippen LogP contribution in [0.3, 0.4) is 0 Å². The van der Waals surface area contributed by atoms with Gasteiger partial charge in [0.15, 0.2) is 0 Å². The van der Waals surface area contributed by atoms with Gasteiger partial charge in [-0.2, -0.15) is 0 Å². The summed E-state index contributed by atoms with van der Waals surface area (Å²) in [5, 5.41) is 18.3. The molecular weight excluding hydrogens is 361 g/mol. The van der Waals surface area contributed by atoms with Crippen LogP contribution in [0.2, 0.25) is 0 Å². The van der Waals surface area contributed by atoms with E-state index in [1.165, 1.54) is 18.4 Å². The number of phenols is 1. The largest absolute Gasteiger partial charge is 0.508 e. The molecule has 1 atom stereocenters. The molecule has 2 N–H and O–H groups in total. The van der Waals surface area contributed by atoms with E-state index in [4.69, 9.17) is 5.11 Å². The van der Waals surface area contributed by atoms with Crippen LogP contribution in [0.15, 0.2) is 24.3 Å². The van der Waals surface area contributed by atoms with Crippen molar-refractivity contribution in [2.24, 2.45) is 11.3 Å². The first-order valence-corrected chi connectivity index (χ1v) is 8.71. The second kappa shape index (κ2) is 10.8. The normalized spacial score (nSPS) is 22.3. The van der Waals surface area contributed by atoms with Gasteiger partial charge in [0.1, 0.15) is 5.75 Å². The van der Waals surface area contributed by atoms with Gasteiger partial charge in [-0.1, -0.05) is 46.8 Å². The van der Waals surface area contributed by atoms with Gasteiger partial charge in [0.25, 0.3) is 0 Å². The van der Waals surface area contributed by atoms with Crippen molar-refractivity contribution in [1.29, 1.82) is 0 Å². The van der Waals surface area contributed by atoms with Crippen LogP contribution in [0.5, 0.6) is 5.75 Å². The van der Waals surface area contributed by atoms with Gasteiger partial charge in [0.2, 0.25) is 0 Å². The molecule has 0 saturated heterocycles. The van der Waals surface area contributed by atoms with Gasteiger partial charge in [0.05, 0.1) is 6.10 Å². The van der Waals surface area contributed by atoms with Crippen molar-refractivity contribution in [1.82, 2.24) is 0 Å². The minimum absolute atomic E-state index is 0. The molecule has 1 radical (unpaired) electrons. The van der Waals surface area contributed by atoms with Crippen LogP contribution in [0.4, 0.5) is 0 Å². The molecule has 0 amide bonds. The van der Waals surface area contributed by atoms with Crippen LogP contribution in [-0.4, -0.2) is 16.3 Å². The topological polar surface area (TPSA) is 40.5 Å². The molecule has 129 valence electrons. The molecule has 2 rings (SSSR count). The average Bonchev–Trinajstić information content (AvgIpc) is 2.47. The summed E-state index contributed by atoms with van der Waals surface area (Å²) in [4.78, 5) is 0. The monoisotopic (exact) mass is 395 g/mol. The third kappa shape index (κ3) is 8.65. The van der Waals surface area contributed by atoms with Crippen LogP contribution in [-0.2, 0) is 32.7 Å². The Kier molecular flexibility index (Phi) is 10.9. The summed E-state index contributed by atoms with van der Waals surface area (Å²) < 4.78 is 0. The molecule has 0 bridgehead atoms. The maximum absolute atomic E-state index is 9.29. The summed E-state index contributed by atoms with van der Waals surface area (Å²) in [5.41, 5.74) is 1.74. The van der Waals surface area contributed by atoms with E-state index in [9.17, 15) is 5.11 Å². The zero-order valence-electron chi connectivity index (χ0n) is 15.5. The maximum Gasteiger partial charge on any atom is 0.115 e. The fourth-order valence-electron chi connectivity index (χ4n) is 2.98. The number of aromatic hydroxyl groups is 1. The van der Waals surface area contributed by atoms with Gasteiger partial charge >= 0.3 is 0 Å². The minimum atomic E-state index is -0.00593. The summed E-state index contributed by atoms with van der Waals surface area (Å²) in [6.07, 6.45) is 5.60. The number of aliphatic hydroxyl groups is 1. The van der Waals surface area contributed by atoms with Gasteiger partial charge < -0.3 is 10.2 Å². The Balaban J connectivity index is 0.000000403. The molecule has 0 spiro atoms. The molecule has 1 aromatic carbocycles. The molecule has 23 heavy (non-hydrogen) atoms. The van der Waals surface area contributed by atoms with Gasteiger partial charge in [-0.25, -0.2) is 0 Å². The number of phenolic OH excluding ortho intramolecular Hbond substituents is 1. The Morgan fingerprint density at radius 3 is 1.91 bits per heavy atom. The third-order valence-corrected chi connectivity index (χ3v) is 5.00. The molecule has 0 aromatic heterocycles. The predicted molar refractivity (Wildman–Crippen MR) is 94.2 cm³/mol. The second-order valence-corrected chi connectivity index (χ2v) is 7.77. The number of benzene rings is 1. The first-order valence-electron chi connectivity index (χ1n) is 8.71. The maximum atomic E-state index is 9.29. The van der Waals surface area contributed by atoms with E-state index >= 15 is 0 Å². The van der Waals surface area contributed by atoms with Crippen LogP contribution >= 0.6 is 0 Å². The Bertz CT molecular complexity index is 414. The van der Waals surface area contributed by atoms with Gasteiger partial charge in [-0.15, -0.1) is 0 Å². The number of aliphatic hydroxyl groups excluding tert-OH is 1. The molecule has 1 aliphatic rings. The fraction of sp³-hybridized carbons (Fsp3) is 0.700. The third-order valence-electron chi connectivity index (χ3n) is 5.00. The summed E-state index contributed by atoms with van der Waals surface area (Å²) in [6, 6.07) is 7.43. The van der Waals surface area contributed by atoms with Gasteiger partial charge in [-0.3, -0.25) is 0 Å². The summed E-state index contributed by atoms with van der Waals surface area (Å²) in [7, 11) is 0.